The molecule has 1 amide bonds. The highest BCUT2D eigenvalue weighted by atomic mass is 32.1. The van der Waals surface area contributed by atoms with E-state index in [1.54, 1.807) is 6.20 Å². The number of aliphatic hydroxyl groups excluding tert-OH is 1. The van der Waals surface area contributed by atoms with Gasteiger partial charge < -0.3 is 10.0 Å². The lowest BCUT2D eigenvalue weighted by Gasteiger charge is -2.25. The molecule has 0 spiro atoms. The minimum absolute atomic E-state index is 0.127. The molecule has 1 atom stereocenters. The van der Waals surface area contributed by atoms with E-state index in [1.165, 1.54) is 16.2 Å². The van der Waals surface area contributed by atoms with E-state index < -0.39 is 17.7 Å². The summed E-state index contributed by atoms with van der Waals surface area (Å²) < 4.78 is 0. The number of Topliss-reactive ketones (excluding diaryl/α,β-unsaturated/α-hetero) is 1. The van der Waals surface area contributed by atoms with Crippen LogP contribution in [0.4, 0.5) is 0 Å². The van der Waals surface area contributed by atoms with E-state index in [9.17, 15) is 14.7 Å². The largest absolute Gasteiger partial charge is 0.507 e. The Morgan fingerprint density at radius 2 is 1.85 bits per heavy atom. The molecule has 1 aliphatic heterocycles. The molecule has 1 unspecified atom stereocenters. The Labute approximate surface area is 198 Å². The van der Waals surface area contributed by atoms with Crippen molar-refractivity contribution in [1.29, 1.82) is 0 Å². The molecule has 1 aromatic carbocycles. The molecule has 33 heavy (non-hydrogen) atoms. The zero-order valence-electron chi connectivity index (χ0n) is 19.5. The van der Waals surface area contributed by atoms with Gasteiger partial charge in [-0.1, -0.05) is 39.0 Å². The topological polar surface area (TPSA) is 70.5 Å². The number of amides is 1. The first-order valence-corrected chi connectivity index (χ1v) is 11.8. The Kier molecular flexibility index (Phi) is 5.97. The van der Waals surface area contributed by atoms with Crippen molar-refractivity contribution in [2.24, 2.45) is 0 Å². The molecule has 2 aromatic heterocycles. The molecule has 3 heterocycles. The summed E-state index contributed by atoms with van der Waals surface area (Å²) in [5, 5.41) is 13.4. The third-order valence-corrected chi connectivity index (χ3v) is 7.18. The summed E-state index contributed by atoms with van der Waals surface area (Å²) in [5.74, 6) is -1.41. The molecule has 0 bridgehead atoms. The van der Waals surface area contributed by atoms with Crippen LogP contribution in [-0.4, -0.2) is 26.7 Å². The van der Waals surface area contributed by atoms with Gasteiger partial charge in [-0.2, -0.15) is 0 Å². The molecule has 0 aliphatic carbocycles. The van der Waals surface area contributed by atoms with Crippen molar-refractivity contribution in [3.05, 3.63) is 92.4 Å². The maximum Gasteiger partial charge on any atom is 0.296 e. The number of thiophene rings is 1. The van der Waals surface area contributed by atoms with Crippen molar-refractivity contribution >= 4 is 28.8 Å². The number of hydrogen-bond acceptors (Lipinski definition) is 5. The van der Waals surface area contributed by atoms with E-state index in [4.69, 9.17) is 0 Å². The Hall–Kier alpha value is -3.25. The van der Waals surface area contributed by atoms with Gasteiger partial charge in [0.1, 0.15) is 11.8 Å². The van der Waals surface area contributed by atoms with Crippen molar-refractivity contribution in [3.8, 4) is 0 Å². The fourth-order valence-corrected chi connectivity index (χ4v) is 5.18. The number of aryl methyl sites for hydroxylation is 2. The second kappa shape index (κ2) is 8.60. The summed E-state index contributed by atoms with van der Waals surface area (Å²) in [7, 11) is 0. The Bertz CT molecular complexity index is 1250. The summed E-state index contributed by atoms with van der Waals surface area (Å²) in [4.78, 5) is 33.2. The van der Waals surface area contributed by atoms with E-state index in [2.05, 4.69) is 25.8 Å². The molecule has 1 N–H and O–H groups in total. The van der Waals surface area contributed by atoms with E-state index in [1.807, 2.05) is 61.7 Å². The number of benzene rings is 1. The molecule has 5 nitrogen and oxygen atoms in total. The Morgan fingerprint density at radius 1 is 1.09 bits per heavy atom. The summed E-state index contributed by atoms with van der Waals surface area (Å²) in [6.07, 6.45) is 1.67. The fraction of sp³-hybridized carbons (Fsp3) is 0.296. The molecule has 6 heteroatoms. The number of carbonyl (C=O) groups excluding carboxylic acids is 2. The van der Waals surface area contributed by atoms with Gasteiger partial charge in [-0.15, -0.1) is 11.3 Å². The van der Waals surface area contributed by atoms with Gasteiger partial charge in [0, 0.05) is 16.6 Å². The number of carbonyl (C=O) groups is 2. The third-order valence-electron chi connectivity index (χ3n) is 6.11. The predicted octanol–water partition coefficient (Wildman–Crippen LogP) is 5.68. The molecular weight excluding hydrogens is 432 g/mol. The molecule has 170 valence electrons. The summed E-state index contributed by atoms with van der Waals surface area (Å²) in [6, 6.07) is 12.7. The van der Waals surface area contributed by atoms with Crippen LogP contribution >= 0.6 is 11.3 Å². The van der Waals surface area contributed by atoms with Gasteiger partial charge in [0.05, 0.1) is 17.8 Å². The van der Waals surface area contributed by atoms with Crippen LogP contribution in [-0.2, 0) is 21.5 Å². The number of nitrogens with zero attached hydrogens (tertiary/aromatic N) is 2. The van der Waals surface area contributed by atoms with Gasteiger partial charge in [0.25, 0.3) is 11.7 Å². The third kappa shape index (κ3) is 4.23. The van der Waals surface area contributed by atoms with Crippen LogP contribution in [0, 0.1) is 13.8 Å². The average Bonchev–Trinajstić information content (AvgIpc) is 3.29. The first-order valence-electron chi connectivity index (χ1n) is 10.9. The minimum Gasteiger partial charge on any atom is -0.507 e. The zero-order chi connectivity index (χ0) is 23.9. The standard InChI is InChI=1S/C27H28N2O3S/c1-16-9-10-18(27(3,4)5)14-20(16)23(30)21-22(25-17(2)11-13-33-25)29(26(32)24(21)31)15-19-8-6-7-12-28-19/h6-14,22,30H,15H2,1-5H3/b23-21+. The summed E-state index contributed by atoms with van der Waals surface area (Å²) in [6.45, 7) is 10.3. The molecule has 3 aromatic rings. The SMILES string of the molecule is Cc1ccc(C(C)(C)C)cc1/C(O)=C1\C(=O)C(=O)N(Cc2ccccn2)C1c1sccc1C. The van der Waals surface area contributed by atoms with E-state index in [0.717, 1.165) is 21.6 Å². The quantitative estimate of drug-likeness (QED) is 0.309. The number of rotatable bonds is 4. The number of aromatic nitrogens is 1. The zero-order valence-corrected chi connectivity index (χ0v) is 20.4. The highest BCUT2D eigenvalue weighted by molar-refractivity contribution is 7.10. The summed E-state index contributed by atoms with van der Waals surface area (Å²) in [5.41, 5.74) is 4.14. The van der Waals surface area contributed by atoms with Crippen LogP contribution in [0.15, 0.2) is 59.6 Å². The Morgan fingerprint density at radius 3 is 2.45 bits per heavy atom. The van der Waals surface area contributed by atoms with Gasteiger partial charge in [0.2, 0.25) is 0 Å². The van der Waals surface area contributed by atoms with Gasteiger partial charge in [-0.05, 0) is 65.6 Å². The highest BCUT2D eigenvalue weighted by Crippen LogP contribution is 2.43. The second-order valence-electron chi connectivity index (χ2n) is 9.50. The minimum atomic E-state index is -0.665. The molecule has 4 rings (SSSR count). The normalized spacial score (nSPS) is 18.2. The molecule has 1 fully saturated rings. The number of ketones is 1. The lowest BCUT2D eigenvalue weighted by atomic mass is 9.84. The number of hydrogen-bond donors (Lipinski definition) is 1. The average molecular weight is 461 g/mol. The number of likely N-dealkylation sites (tertiary alicyclic amines) is 1. The maximum absolute atomic E-state index is 13.3. The van der Waals surface area contributed by atoms with Gasteiger partial charge in [-0.25, -0.2) is 0 Å². The van der Waals surface area contributed by atoms with Crippen molar-refractivity contribution in [2.75, 3.05) is 0 Å². The highest BCUT2D eigenvalue weighted by Gasteiger charge is 2.47. The fourth-order valence-electron chi connectivity index (χ4n) is 4.14. The van der Waals surface area contributed by atoms with Crippen LogP contribution in [0.2, 0.25) is 0 Å². The van der Waals surface area contributed by atoms with E-state index >= 15 is 0 Å². The van der Waals surface area contributed by atoms with Crippen LogP contribution in [0.3, 0.4) is 0 Å². The van der Waals surface area contributed by atoms with Crippen LogP contribution in [0.5, 0.6) is 0 Å². The smallest absolute Gasteiger partial charge is 0.296 e. The first kappa shape index (κ1) is 22.9. The van der Waals surface area contributed by atoms with Crippen molar-refractivity contribution in [3.63, 3.8) is 0 Å². The Balaban J connectivity index is 1.91. The molecule has 0 saturated carbocycles. The van der Waals surface area contributed by atoms with E-state index in [0.29, 0.717) is 11.3 Å². The van der Waals surface area contributed by atoms with Crippen LogP contribution in [0.25, 0.3) is 5.76 Å². The van der Waals surface area contributed by atoms with Crippen molar-refractivity contribution in [2.45, 2.75) is 52.6 Å². The van der Waals surface area contributed by atoms with Crippen molar-refractivity contribution in [1.82, 2.24) is 9.88 Å². The van der Waals surface area contributed by atoms with E-state index in [-0.39, 0.29) is 23.3 Å². The molecular formula is C27H28N2O3S. The van der Waals surface area contributed by atoms with Crippen LogP contribution < -0.4 is 0 Å². The molecule has 1 saturated heterocycles. The maximum atomic E-state index is 13.3. The molecule has 0 radical (unpaired) electrons. The first-order chi connectivity index (χ1) is 15.6. The van der Waals surface area contributed by atoms with Gasteiger partial charge >= 0.3 is 0 Å². The number of aliphatic hydroxyl groups is 1. The lowest BCUT2D eigenvalue weighted by molar-refractivity contribution is -0.140. The second-order valence-corrected chi connectivity index (χ2v) is 10.4. The predicted molar refractivity (Wildman–Crippen MR) is 131 cm³/mol. The number of pyridine rings is 1. The van der Waals surface area contributed by atoms with Gasteiger partial charge in [0.15, 0.2) is 0 Å². The van der Waals surface area contributed by atoms with Gasteiger partial charge in [-0.3, -0.25) is 14.6 Å². The van der Waals surface area contributed by atoms with Crippen LogP contribution in [0.1, 0.15) is 59.6 Å². The molecule has 1 aliphatic rings. The lowest BCUT2D eigenvalue weighted by Crippen LogP contribution is -2.29. The van der Waals surface area contributed by atoms with Crippen molar-refractivity contribution < 1.29 is 14.7 Å². The monoisotopic (exact) mass is 460 g/mol. The summed E-state index contributed by atoms with van der Waals surface area (Å²) >= 11 is 1.48.